The van der Waals surface area contributed by atoms with E-state index in [4.69, 9.17) is 4.42 Å². The van der Waals surface area contributed by atoms with E-state index in [0.29, 0.717) is 11.4 Å². The average molecular weight is 357 g/mol. The molecule has 1 amide bonds. The lowest BCUT2D eigenvalue weighted by Crippen LogP contribution is -2.13. The number of amides is 1. The zero-order valence-electron chi connectivity index (χ0n) is 14.2. The Bertz CT molecular complexity index is 961. The molecule has 0 aliphatic carbocycles. The molecule has 3 rings (SSSR count). The summed E-state index contributed by atoms with van der Waals surface area (Å²) in [7, 11) is 1.27. The zero-order chi connectivity index (χ0) is 18.7. The predicted molar refractivity (Wildman–Crippen MR) is 90.5 cm³/mol. The number of carbonyl (C=O) groups excluding carboxylic acids is 2. The van der Waals surface area contributed by atoms with Gasteiger partial charge in [0.1, 0.15) is 11.6 Å². The van der Waals surface area contributed by atoms with Gasteiger partial charge in [-0.3, -0.25) is 9.48 Å². The van der Waals surface area contributed by atoms with Gasteiger partial charge >= 0.3 is 5.97 Å². The number of anilines is 1. The number of benzene rings is 1. The quantitative estimate of drug-likeness (QED) is 0.710. The van der Waals surface area contributed by atoms with Crippen LogP contribution in [0.25, 0.3) is 0 Å². The maximum Gasteiger partial charge on any atom is 0.373 e. The van der Waals surface area contributed by atoms with Gasteiger partial charge in [0.25, 0.3) is 5.91 Å². The molecule has 0 saturated heterocycles. The van der Waals surface area contributed by atoms with Crippen LogP contribution in [0.15, 0.2) is 47.1 Å². The molecule has 0 radical (unpaired) electrons. The molecule has 8 heteroatoms. The van der Waals surface area contributed by atoms with Gasteiger partial charge in [0.15, 0.2) is 0 Å². The number of rotatable bonds is 5. The van der Waals surface area contributed by atoms with Gasteiger partial charge in [-0.2, -0.15) is 5.10 Å². The number of aromatic nitrogens is 2. The van der Waals surface area contributed by atoms with Gasteiger partial charge < -0.3 is 14.5 Å². The number of halogens is 1. The summed E-state index contributed by atoms with van der Waals surface area (Å²) in [6, 6.07) is 7.47. The molecular weight excluding hydrogens is 341 g/mol. The molecule has 1 aromatic carbocycles. The topological polar surface area (TPSA) is 86.4 Å². The predicted octanol–water partition coefficient (Wildman–Crippen LogP) is 3.01. The summed E-state index contributed by atoms with van der Waals surface area (Å²) in [5, 5.41) is 6.70. The highest BCUT2D eigenvalue weighted by Gasteiger charge is 2.14. The van der Waals surface area contributed by atoms with E-state index >= 15 is 0 Å². The molecule has 2 heterocycles. The van der Waals surface area contributed by atoms with Crippen molar-refractivity contribution in [3.8, 4) is 0 Å². The van der Waals surface area contributed by atoms with Crippen molar-refractivity contribution >= 4 is 17.6 Å². The lowest BCUT2D eigenvalue weighted by Gasteiger charge is -2.04. The molecule has 1 N–H and O–H groups in total. The molecule has 0 unspecified atom stereocenters. The van der Waals surface area contributed by atoms with Crippen molar-refractivity contribution in [2.24, 2.45) is 0 Å². The first kappa shape index (κ1) is 17.4. The fourth-order valence-electron chi connectivity index (χ4n) is 2.36. The number of hydrogen-bond acceptors (Lipinski definition) is 5. The molecule has 0 saturated carbocycles. The molecule has 0 spiro atoms. The number of furan rings is 1. The van der Waals surface area contributed by atoms with E-state index in [1.165, 1.54) is 36.2 Å². The number of esters is 1. The second-order valence-corrected chi connectivity index (χ2v) is 5.62. The first-order valence-corrected chi connectivity index (χ1v) is 7.73. The summed E-state index contributed by atoms with van der Waals surface area (Å²) in [6.45, 7) is 2.03. The van der Waals surface area contributed by atoms with Crippen molar-refractivity contribution in [1.82, 2.24) is 9.78 Å². The summed E-state index contributed by atoms with van der Waals surface area (Å²) in [6.07, 6.45) is 3.02. The van der Waals surface area contributed by atoms with Crippen molar-refractivity contribution in [2.75, 3.05) is 12.4 Å². The third-order valence-electron chi connectivity index (χ3n) is 3.62. The Kier molecular flexibility index (Phi) is 4.83. The van der Waals surface area contributed by atoms with Gasteiger partial charge in [0, 0.05) is 6.20 Å². The fourth-order valence-corrected chi connectivity index (χ4v) is 2.36. The Balaban J connectivity index is 1.68. The minimum absolute atomic E-state index is 0.0356. The Labute approximate surface area is 148 Å². The van der Waals surface area contributed by atoms with Crippen molar-refractivity contribution in [2.45, 2.75) is 13.5 Å². The Morgan fingerprint density at radius 2 is 2.12 bits per heavy atom. The van der Waals surface area contributed by atoms with Gasteiger partial charge in [-0.05, 0) is 31.2 Å². The molecule has 3 aromatic rings. The van der Waals surface area contributed by atoms with Crippen LogP contribution in [0, 0.1) is 12.7 Å². The average Bonchev–Trinajstić information content (AvgIpc) is 3.26. The van der Waals surface area contributed by atoms with Gasteiger partial charge in [0.05, 0.1) is 31.1 Å². The van der Waals surface area contributed by atoms with Gasteiger partial charge in [0.2, 0.25) is 5.76 Å². The van der Waals surface area contributed by atoms with Crippen LogP contribution in [0.1, 0.15) is 32.2 Å². The van der Waals surface area contributed by atoms with E-state index in [-0.39, 0.29) is 17.9 Å². The summed E-state index contributed by atoms with van der Waals surface area (Å²) >= 11 is 0. The van der Waals surface area contributed by atoms with Crippen LogP contribution < -0.4 is 5.32 Å². The molecule has 0 fully saturated rings. The molecule has 0 bridgehead atoms. The number of aryl methyl sites for hydroxylation is 1. The number of hydrogen-bond donors (Lipinski definition) is 1. The summed E-state index contributed by atoms with van der Waals surface area (Å²) in [5.41, 5.74) is 1.16. The van der Waals surface area contributed by atoms with Crippen LogP contribution in [0.5, 0.6) is 0 Å². The van der Waals surface area contributed by atoms with Crippen LogP contribution in [0.3, 0.4) is 0 Å². The standard InChI is InChI=1S/C18H16FN3O4/c1-11-3-5-15(19)14(7-11)17(23)21-12-8-20-22(9-12)10-13-4-6-16(26-13)18(24)25-2/h3-9H,10H2,1-2H3,(H,21,23). The van der Waals surface area contributed by atoms with Crippen LogP contribution >= 0.6 is 0 Å². The maximum atomic E-state index is 13.8. The Morgan fingerprint density at radius 3 is 2.88 bits per heavy atom. The first-order valence-electron chi connectivity index (χ1n) is 7.73. The fraction of sp³-hybridized carbons (Fsp3) is 0.167. The third kappa shape index (κ3) is 3.80. The van der Waals surface area contributed by atoms with Crippen LogP contribution in [-0.4, -0.2) is 28.8 Å². The SMILES string of the molecule is COC(=O)c1ccc(Cn2cc(NC(=O)c3cc(C)ccc3F)cn2)o1. The van der Waals surface area contributed by atoms with Crippen molar-refractivity contribution in [3.05, 3.63) is 71.2 Å². The lowest BCUT2D eigenvalue weighted by molar-refractivity contribution is 0.0562. The minimum atomic E-state index is -0.591. The van der Waals surface area contributed by atoms with E-state index in [9.17, 15) is 14.0 Å². The number of ether oxygens (including phenoxy) is 1. The summed E-state index contributed by atoms with van der Waals surface area (Å²) in [4.78, 5) is 23.6. The lowest BCUT2D eigenvalue weighted by atomic mass is 10.1. The van der Waals surface area contributed by atoms with Crippen molar-refractivity contribution < 1.29 is 23.1 Å². The van der Waals surface area contributed by atoms with Crippen LogP contribution in [0.2, 0.25) is 0 Å². The second-order valence-electron chi connectivity index (χ2n) is 5.62. The Morgan fingerprint density at radius 1 is 1.31 bits per heavy atom. The maximum absolute atomic E-state index is 13.8. The number of nitrogens with one attached hydrogen (secondary N) is 1. The molecule has 0 atom stereocenters. The van der Waals surface area contributed by atoms with E-state index in [1.54, 1.807) is 25.3 Å². The summed E-state index contributed by atoms with van der Waals surface area (Å²) < 4.78 is 25.2. The van der Waals surface area contributed by atoms with Gasteiger partial charge in [-0.1, -0.05) is 11.6 Å². The summed E-state index contributed by atoms with van der Waals surface area (Å²) in [5.74, 6) is -1.12. The Hall–Kier alpha value is -3.42. The minimum Gasteiger partial charge on any atom is -0.463 e. The van der Waals surface area contributed by atoms with Crippen molar-refractivity contribution in [1.29, 1.82) is 0 Å². The highest BCUT2D eigenvalue weighted by atomic mass is 19.1. The van der Waals surface area contributed by atoms with E-state index < -0.39 is 17.7 Å². The molecule has 26 heavy (non-hydrogen) atoms. The zero-order valence-corrected chi connectivity index (χ0v) is 14.2. The van der Waals surface area contributed by atoms with Crippen molar-refractivity contribution in [3.63, 3.8) is 0 Å². The molecule has 0 aliphatic rings. The molecule has 0 aliphatic heterocycles. The van der Waals surface area contributed by atoms with Gasteiger partial charge in [-0.25, -0.2) is 9.18 Å². The molecule has 2 aromatic heterocycles. The number of methoxy groups -OCH3 is 1. The van der Waals surface area contributed by atoms with Crippen LogP contribution in [-0.2, 0) is 11.3 Å². The smallest absolute Gasteiger partial charge is 0.373 e. The molecular formula is C18H16FN3O4. The van der Waals surface area contributed by atoms with E-state index in [2.05, 4.69) is 15.2 Å². The molecule has 7 nitrogen and oxygen atoms in total. The highest BCUT2D eigenvalue weighted by molar-refractivity contribution is 6.04. The van der Waals surface area contributed by atoms with E-state index in [0.717, 1.165) is 5.56 Å². The third-order valence-corrected chi connectivity index (χ3v) is 3.62. The molecule has 134 valence electrons. The highest BCUT2D eigenvalue weighted by Crippen LogP contribution is 2.15. The van der Waals surface area contributed by atoms with Crippen LogP contribution in [0.4, 0.5) is 10.1 Å². The number of carbonyl (C=O) groups is 2. The largest absolute Gasteiger partial charge is 0.463 e. The van der Waals surface area contributed by atoms with E-state index in [1.807, 2.05) is 0 Å². The normalized spacial score (nSPS) is 10.6. The second kappa shape index (κ2) is 7.22. The first-order chi connectivity index (χ1) is 12.5. The monoisotopic (exact) mass is 357 g/mol. The number of nitrogens with zero attached hydrogens (tertiary/aromatic N) is 2. The van der Waals surface area contributed by atoms with Gasteiger partial charge in [-0.15, -0.1) is 0 Å².